The first-order valence-electron chi connectivity index (χ1n) is 8.79. The minimum absolute atomic E-state index is 0.0104. The van der Waals surface area contributed by atoms with Crippen LogP contribution in [-0.2, 0) is 25.5 Å². The molecule has 0 fully saturated rings. The molecule has 1 N–H and O–H groups in total. The highest BCUT2D eigenvalue weighted by atomic mass is 16.5. The summed E-state index contributed by atoms with van der Waals surface area (Å²) in [6.45, 7) is 4.78. The van der Waals surface area contributed by atoms with E-state index < -0.39 is 0 Å². The molecule has 7 nitrogen and oxygen atoms in total. The van der Waals surface area contributed by atoms with Crippen LogP contribution in [0.4, 0.5) is 5.69 Å². The number of esters is 1. The van der Waals surface area contributed by atoms with Crippen LogP contribution in [-0.4, -0.2) is 49.5 Å². The molecule has 1 aliphatic heterocycles. The molecule has 0 aromatic heterocycles. The molecule has 0 unspecified atom stereocenters. The highest BCUT2D eigenvalue weighted by Gasteiger charge is 2.18. The molecule has 1 heterocycles. The number of hydrogen-bond donors (Lipinski definition) is 1. The molecule has 26 heavy (non-hydrogen) atoms. The zero-order valence-electron chi connectivity index (χ0n) is 15.5. The topological polar surface area (TPSA) is 84.9 Å². The van der Waals surface area contributed by atoms with E-state index >= 15 is 0 Å². The van der Waals surface area contributed by atoms with Gasteiger partial charge in [-0.15, -0.1) is 0 Å². The number of hydrogen-bond acceptors (Lipinski definition) is 5. The van der Waals surface area contributed by atoms with Crippen molar-refractivity contribution in [2.75, 3.05) is 32.1 Å². The largest absolute Gasteiger partial charge is 0.484 e. The van der Waals surface area contributed by atoms with E-state index in [4.69, 9.17) is 4.74 Å². The van der Waals surface area contributed by atoms with Crippen LogP contribution >= 0.6 is 0 Å². The molecule has 2 amide bonds. The van der Waals surface area contributed by atoms with Gasteiger partial charge >= 0.3 is 5.97 Å². The number of ether oxygens (including phenoxy) is 2. The van der Waals surface area contributed by atoms with Crippen LogP contribution in [0.2, 0.25) is 0 Å². The summed E-state index contributed by atoms with van der Waals surface area (Å²) in [6, 6.07) is 5.37. The van der Waals surface area contributed by atoms with E-state index in [0.717, 1.165) is 11.3 Å². The Labute approximate surface area is 153 Å². The third-order valence-corrected chi connectivity index (χ3v) is 4.09. The van der Waals surface area contributed by atoms with Gasteiger partial charge in [0.2, 0.25) is 5.91 Å². The fraction of sp³-hybridized carbons (Fsp3) is 0.526. The minimum atomic E-state index is -0.343. The smallest absolute Gasteiger partial charge is 0.307 e. The monoisotopic (exact) mass is 362 g/mol. The fourth-order valence-electron chi connectivity index (χ4n) is 2.77. The van der Waals surface area contributed by atoms with Crippen molar-refractivity contribution < 1.29 is 23.9 Å². The van der Waals surface area contributed by atoms with Gasteiger partial charge in [-0.25, -0.2) is 0 Å². The molecule has 1 aromatic rings. The highest BCUT2D eigenvalue weighted by molar-refractivity contribution is 5.94. The molecule has 0 atom stereocenters. The Kier molecular flexibility index (Phi) is 7.00. The van der Waals surface area contributed by atoms with E-state index in [-0.39, 0.29) is 36.7 Å². The number of amides is 2. The van der Waals surface area contributed by atoms with Crippen molar-refractivity contribution in [1.82, 2.24) is 4.90 Å². The number of benzene rings is 1. The van der Waals surface area contributed by atoms with Gasteiger partial charge in [0, 0.05) is 25.2 Å². The van der Waals surface area contributed by atoms with Gasteiger partial charge in [-0.1, -0.05) is 13.8 Å². The normalized spacial score (nSPS) is 13.0. The lowest BCUT2D eigenvalue weighted by molar-refractivity contribution is -0.142. The maximum absolute atomic E-state index is 12.5. The Morgan fingerprint density at radius 2 is 2.04 bits per heavy atom. The molecule has 0 saturated heterocycles. The van der Waals surface area contributed by atoms with E-state index in [2.05, 4.69) is 10.1 Å². The molecular weight excluding hydrogens is 336 g/mol. The summed E-state index contributed by atoms with van der Waals surface area (Å²) in [6.07, 6.45) is 1.27. The van der Waals surface area contributed by atoms with Gasteiger partial charge in [0.1, 0.15) is 5.75 Å². The van der Waals surface area contributed by atoms with Gasteiger partial charge < -0.3 is 19.7 Å². The van der Waals surface area contributed by atoms with Crippen molar-refractivity contribution in [2.24, 2.45) is 5.92 Å². The van der Waals surface area contributed by atoms with Gasteiger partial charge in [-0.2, -0.15) is 0 Å². The lowest BCUT2D eigenvalue weighted by Crippen LogP contribution is -2.39. The predicted molar refractivity (Wildman–Crippen MR) is 96.9 cm³/mol. The van der Waals surface area contributed by atoms with Gasteiger partial charge in [0.15, 0.2) is 6.61 Å². The molecule has 1 aromatic carbocycles. The second kappa shape index (κ2) is 9.22. The molecule has 0 radical (unpaired) electrons. The average Bonchev–Trinajstić information content (AvgIpc) is 2.62. The number of nitrogens with one attached hydrogen (secondary N) is 1. The van der Waals surface area contributed by atoms with Gasteiger partial charge in [-0.05, 0) is 36.1 Å². The van der Waals surface area contributed by atoms with Gasteiger partial charge in [0.25, 0.3) is 5.91 Å². The van der Waals surface area contributed by atoms with Crippen molar-refractivity contribution in [3.05, 3.63) is 23.8 Å². The number of methoxy groups -OCH3 is 1. The Hall–Kier alpha value is -2.57. The first-order valence-corrected chi connectivity index (χ1v) is 8.79. The minimum Gasteiger partial charge on any atom is -0.484 e. The van der Waals surface area contributed by atoms with E-state index in [0.29, 0.717) is 31.7 Å². The quantitative estimate of drug-likeness (QED) is 0.715. The molecule has 0 spiro atoms. The van der Waals surface area contributed by atoms with Gasteiger partial charge in [-0.3, -0.25) is 14.4 Å². The lowest BCUT2D eigenvalue weighted by Gasteiger charge is -2.24. The number of fused-ring (bicyclic) bond motifs is 1. The van der Waals surface area contributed by atoms with Crippen molar-refractivity contribution in [3.8, 4) is 5.75 Å². The summed E-state index contributed by atoms with van der Waals surface area (Å²) in [5.74, 6) is 0.365. The zero-order chi connectivity index (χ0) is 19.1. The summed E-state index contributed by atoms with van der Waals surface area (Å²) >= 11 is 0. The summed E-state index contributed by atoms with van der Waals surface area (Å²) in [4.78, 5) is 36.8. The summed E-state index contributed by atoms with van der Waals surface area (Å²) < 4.78 is 10.3. The van der Waals surface area contributed by atoms with Crippen LogP contribution in [0, 0.1) is 5.92 Å². The molecule has 142 valence electrons. The molecule has 0 bridgehead atoms. The Balaban J connectivity index is 1.93. The summed E-state index contributed by atoms with van der Waals surface area (Å²) in [5, 5.41) is 2.81. The number of rotatable bonds is 8. The second-order valence-corrected chi connectivity index (χ2v) is 6.72. The fourth-order valence-corrected chi connectivity index (χ4v) is 2.77. The number of carbonyl (C=O) groups is 3. The van der Waals surface area contributed by atoms with Crippen molar-refractivity contribution in [3.63, 3.8) is 0 Å². The third kappa shape index (κ3) is 5.75. The van der Waals surface area contributed by atoms with Crippen LogP contribution in [0.5, 0.6) is 5.75 Å². The maximum atomic E-state index is 12.5. The van der Waals surface area contributed by atoms with E-state index in [1.54, 1.807) is 17.0 Å². The van der Waals surface area contributed by atoms with Crippen molar-refractivity contribution in [2.45, 2.75) is 33.1 Å². The molecular formula is C19H26N2O5. The highest BCUT2D eigenvalue weighted by Crippen LogP contribution is 2.26. The lowest BCUT2D eigenvalue weighted by atomic mass is 10.0. The Morgan fingerprint density at radius 1 is 1.27 bits per heavy atom. The predicted octanol–water partition coefficient (Wildman–Crippen LogP) is 2.00. The van der Waals surface area contributed by atoms with Crippen LogP contribution in [0.3, 0.4) is 0 Å². The molecule has 0 saturated carbocycles. The number of carbonyl (C=O) groups excluding carboxylic acids is 3. The number of anilines is 1. The summed E-state index contributed by atoms with van der Waals surface area (Å²) in [5.41, 5.74) is 1.79. The number of aryl methyl sites for hydroxylation is 1. The third-order valence-electron chi connectivity index (χ3n) is 4.09. The summed E-state index contributed by atoms with van der Waals surface area (Å²) in [7, 11) is 1.33. The standard InChI is InChI=1S/C19H26N2O5/c1-13(2)11-21(9-8-19(24)25-3)18(23)12-26-15-5-6-16-14(10-15)4-7-17(22)20-16/h5-6,10,13H,4,7-9,11-12H2,1-3H3,(H,20,22). The second-order valence-electron chi connectivity index (χ2n) is 6.72. The van der Waals surface area contributed by atoms with Crippen molar-refractivity contribution >= 4 is 23.5 Å². The number of nitrogens with zero attached hydrogens (tertiary/aromatic N) is 1. The van der Waals surface area contributed by atoms with Gasteiger partial charge in [0.05, 0.1) is 13.5 Å². The van der Waals surface area contributed by atoms with Crippen LogP contribution in [0.15, 0.2) is 18.2 Å². The van der Waals surface area contributed by atoms with Crippen LogP contribution < -0.4 is 10.1 Å². The molecule has 0 aliphatic carbocycles. The first-order chi connectivity index (χ1) is 12.4. The zero-order valence-corrected chi connectivity index (χ0v) is 15.5. The average molecular weight is 362 g/mol. The maximum Gasteiger partial charge on any atom is 0.307 e. The van der Waals surface area contributed by atoms with E-state index in [1.807, 2.05) is 19.9 Å². The van der Waals surface area contributed by atoms with E-state index in [1.165, 1.54) is 7.11 Å². The van der Waals surface area contributed by atoms with Crippen LogP contribution in [0.1, 0.15) is 32.3 Å². The van der Waals surface area contributed by atoms with Crippen molar-refractivity contribution in [1.29, 1.82) is 0 Å². The first kappa shape index (κ1) is 19.8. The van der Waals surface area contributed by atoms with E-state index in [9.17, 15) is 14.4 Å². The molecule has 7 heteroatoms. The Morgan fingerprint density at radius 3 is 2.73 bits per heavy atom. The Bertz CT molecular complexity index is 672. The molecule has 2 rings (SSSR count). The van der Waals surface area contributed by atoms with Crippen LogP contribution in [0.25, 0.3) is 0 Å². The molecule has 1 aliphatic rings. The SMILES string of the molecule is COC(=O)CCN(CC(C)C)C(=O)COc1ccc2c(c1)CCC(=O)N2.